The van der Waals surface area contributed by atoms with Crippen LogP contribution in [0.25, 0.3) is 0 Å². The second kappa shape index (κ2) is 7.35. The molecular formula is C19H27N5O2. The molecule has 2 aliphatic rings. The summed E-state index contributed by atoms with van der Waals surface area (Å²) in [7, 11) is 0. The number of urea groups is 1. The van der Waals surface area contributed by atoms with Crippen molar-refractivity contribution in [1.82, 2.24) is 9.80 Å². The van der Waals surface area contributed by atoms with Crippen LogP contribution in [0.3, 0.4) is 0 Å². The zero-order valence-electron chi connectivity index (χ0n) is 15.4. The number of anilines is 1. The number of benzene rings is 1. The lowest BCUT2D eigenvalue weighted by Crippen LogP contribution is -2.58. The van der Waals surface area contributed by atoms with Gasteiger partial charge in [-0.1, -0.05) is 19.1 Å². The number of carbonyl (C=O) groups is 2. The Bertz CT molecular complexity index is 712. The van der Waals surface area contributed by atoms with Crippen LogP contribution < -0.4 is 10.6 Å². The molecule has 2 aliphatic heterocycles. The molecule has 0 saturated carbocycles. The molecule has 2 saturated heterocycles. The molecule has 1 aromatic carbocycles. The van der Waals surface area contributed by atoms with Crippen LogP contribution >= 0.6 is 0 Å². The van der Waals surface area contributed by atoms with E-state index in [0.717, 1.165) is 25.1 Å². The van der Waals surface area contributed by atoms with Gasteiger partial charge in [0, 0.05) is 50.4 Å². The quantitative estimate of drug-likeness (QED) is 0.639. The molecule has 0 spiro atoms. The first kappa shape index (κ1) is 18.2. The van der Waals surface area contributed by atoms with Crippen molar-refractivity contribution in [2.24, 2.45) is 11.7 Å². The lowest BCUT2D eigenvalue weighted by molar-refractivity contribution is -0.130. The molecule has 3 amide bonds. The Kier molecular flexibility index (Phi) is 5.15. The number of nitrogens with zero attached hydrogens (tertiary/aromatic N) is 3. The number of hydrogen-bond donors (Lipinski definition) is 2. The number of amidine groups is 1. The van der Waals surface area contributed by atoms with Gasteiger partial charge in [-0.2, -0.15) is 0 Å². The Hall–Kier alpha value is -2.57. The predicted molar refractivity (Wildman–Crippen MR) is 101 cm³/mol. The van der Waals surface area contributed by atoms with Crippen molar-refractivity contribution in [1.29, 1.82) is 5.41 Å². The smallest absolute Gasteiger partial charge is 0.324 e. The normalized spacial score (nSPS) is 21.8. The van der Waals surface area contributed by atoms with Gasteiger partial charge in [0.05, 0.1) is 0 Å². The van der Waals surface area contributed by atoms with Crippen molar-refractivity contribution < 1.29 is 9.59 Å². The van der Waals surface area contributed by atoms with Gasteiger partial charge in [-0.3, -0.25) is 15.1 Å². The van der Waals surface area contributed by atoms with E-state index < -0.39 is 0 Å². The summed E-state index contributed by atoms with van der Waals surface area (Å²) < 4.78 is 0. The highest BCUT2D eigenvalue weighted by Gasteiger charge is 2.36. The van der Waals surface area contributed by atoms with Crippen LogP contribution in [0.4, 0.5) is 10.5 Å². The van der Waals surface area contributed by atoms with Gasteiger partial charge in [-0.15, -0.1) is 0 Å². The third kappa shape index (κ3) is 3.66. The zero-order chi connectivity index (χ0) is 18.8. The molecule has 0 radical (unpaired) electrons. The van der Waals surface area contributed by atoms with Crippen LogP contribution in [0.5, 0.6) is 0 Å². The first-order valence-electron chi connectivity index (χ1n) is 9.15. The monoisotopic (exact) mass is 357 g/mol. The molecule has 26 heavy (non-hydrogen) atoms. The van der Waals surface area contributed by atoms with Gasteiger partial charge in [-0.05, 0) is 30.9 Å². The molecule has 1 unspecified atom stereocenters. The van der Waals surface area contributed by atoms with Crippen molar-refractivity contribution in [3.63, 3.8) is 0 Å². The van der Waals surface area contributed by atoms with Crippen molar-refractivity contribution >= 4 is 23.5 Å². The summed E-state index contributed by atoms with van der Waals surface area (Å²) in [6, 6.07) is 7.46. The maximum atomic E-state index is 13.2. The maximum absolute atomic E-state index is 13.2. The third-order valence-electron chi connectivity index (χ3n) is 5.30. The van der Waals surface area contributed by atoms with Gasteiger partial charge >= 0.3 is 6.03 Å². The fourth-order valence-corrected chi connectivity index (χ4v) is 3.87. The lowest BCUT2D eigenvalue weighted by Gasteiger charge is -2.45. The van der Waals surface area contributed by atoms with E-state index in [-0.39, 0.29) is 23.8 Å². The highest BCUT2D eigenvalue weighted by molar-refractivity contribution is 5.98. The second-order valence-electron chi connectivity index (χ2n) is 7.35. The average Bonchev–Trinajstić information content (AvgIpc) is 2.63. The highest BCUT2D eigenvalue weighted by atomic mass is 16.2. The number of amides is 3. The Morgan fingerprint density at radius 2 is 1.92 bits per heavy atom. The van der Waals surface area contributed by atoms with E-state index in [0.29, 0.717) is 31.1 Å². The van der Waals surface area contributed by atoms with Crippen molar-refractivity contribution in [3.05, 3.63) is 29.8 Å². The fraction of sp³-hybridized carbons (Fsp3) is 0.526. The van der Waals surface area contributed by atoms with Gasteiger partial charge in [0.1, 0.15) is 5.84 Å². The number of piperidine rings is 1. The first-order valence-corrected chi connectivity index (χ1v) is 9.15. The van der Waals surface area contributed by atoms with E-state index >= 15 is 0 Å². The average molecular weight is 357 g/mol. The highest BCUT2D eigenvalue weighted by Crippen LogP contribution is 2.27. The number of carbonyl (C=O) groups excluding carboxylic acids is 2. The van der Waals surface area contributed by atoms with E-state index in [1.807, 2.05) is 21.9 Å². The number of nitrogens with two attached hydrogens (primary N) is 1. The van der Waals surface area contributed by atoms with Gasteiger partial charge in [0.15, 0.2) is 0 Å². The van der Waals surface area contributed by atoms with E-state index in [2.05, 4.69) is 6.92 Å². The van der Waals surface area contributed by atoms with Crippen molar-refractivity contribution in [2.45, 2.75) is 32.7 Å². The minimum atomic E-state index is -0.00202. The van der Waals surface area contributed by atoms with Crippen LogP contribution in [0.15, 0.2) is 24.3 Å². The van der Waals surface area contributed by atoms with Gasteiger partial charge in [0.25, 0.3) is 0 Å². The van der Waals surface area contributed by atoms with E-state index in [1.54, 1.807) is 24.0 Å². The van der Waals surface area contributed by atoms with Gasteiger partial charge < -0.3 is 15.5 Å². The molecule has 7 heteroatoms. The zero-order valence-corrected chi connectivity index (χ0v) is 15.4. The van der Waals surface area contributed by atoms with E-state index in [4.69, 9.17) is 11.1 Å². The molecule has 1 atom stereocenters. The molecular weight excluding hydrogens is 330 g/mol. The Morgan fingerprint density at radius 1 is 1.23 bits per heavy atom. The Morgan fingerprint density at radius 3 is 2.54 bits per heavy atom. The van der Waals surface area contributed by atoms with Crippen molar-refractivity contribution in [3.8, 4) is 0 Å². The van der Waals surface area contributed by atoms with Crippen LogP contribution in [-0.2, 0) is 4.79 Å². The summed E-state index contributed by atoms with van der Waals surface area (Å²) >= 11 is 0. The Balaban J connectivity index is 1.77. The third-order valence-corrected chi connectivity index (χ3v) is 5.30. The van der Waals surface area contributed by atoms with Crippen molar-refractivity contribution in [2.75, 3.05) is 31.1 Å². The van der Waals surface area contributed by atoms with Crippen LogP contribution in [0.2, 0.25) is 0 Å². The molecule has 2 heterocycles. The molecule has 140 valence electrons. The summed E-state index contributed by atoms with van der Waals surface area (Å²) in [6.07, 6.45) is 1.64. The summed E-state index contributed by atoms with van der Waals surface area (Å²) in [5.41, 5.74) is 6.99. The molecule has 1 aromatic rings. The topological polar surface area (TPSA) is 93.7 Å². The maximum Gasteiger partial charge on any atom is 0.324 e. The largest absolute Gasteiger partial charge is 0.384 e. The van der Waals surface area contributed by atoms with Crippen LogP contribution in [0.1, 0.15) is 32.3 Å². The molecule has 0 aliphatic carbocycles. The number of likely N-dealkylation sites (tertiary alicyclic amines) is 1. The van der Waals surface area contributed by atoms with Crippen LogP contribution in [0, 0.1) is 11.3 Å². The van der Waals surface area contributed by atoms with E-state index in [9.17, 15) is 9.59 Å². The van der Waals surface area contributed by atoms with E-state index in [1.165, 1.54) is 0 Å². The first-order chi connectivity index (χ1) is 12.4. The predicted octanol–water partition coefficient (Wildman–Crippen LogP) is 1.86. The standard InChI is InChI=1S/C19H27N5O2/c1-13-11-23(16-6-8-22(9-7-16)14(2)25)19(26)24(12-13)17-5-3-4-15(10-17)18(20)21/h3-5,10,13,16H,6-9,11-12H2,1-2H3,(H3,20,21). The molecule has 0 aromatic heterocycles. The molecule has 0 bridgehead atoms. The Labute approximate surface area is 154 Å². The molecule has 3 N–H and O–H groups in total. The van der Waals surface area contributed by atoms with Crippen LogP contribution in [-0.4, -0.2) is 59.8 Å². The summed E-state index contributed by atoms with van der Waals surface area (Å²) in [5, 5.41) is 7.62. The lowest BCUT2D eigenvalue weighted by atomic mass is 9.99. The number of nitrogens with one attached hydrogen (secondary N) is 1. The molecule has 2 fully saturated rings. The number of rotatable bonds is 3. The van der Waals surface area contributed by atoms with Gasteiger partial charge in [0.2, 0.25) is 5.91 Å². The number of nitrogen functional groups attached to an aromatic ring is 1. The summed E-state index contributed by atoms with van der Waals surface area (Å²) in [4.78, 5) is 30.3. The SMILES string of the molecule is CC(=O)N1CCC(N2CC(C)CN(c3cccc(C(=N)N)c3)C2=O)CC1. The van der Waals surface area contributed by atoms with Gasteiger partial charge in [-0.25, -0.2) is 4.79 Å². The fourth-order valence-electron chi connectivity index (χ4n) is 3.87. The molecule has 3 rings (SSSR count). The minimum Gasteiger partial charge on any atom is -0.384 e. The number of hydrogen-bond acceptors (Lipinski definition) is 3. The minimum absolute atomic E-state index is 0.00202. The summed E-state index contributed by atoms with van der Waals surface area (Å²) in [6.45, 7) is 6.55. The summed E-state index contributed by atoms with van der Waals surface area (Å²) in [5.74, 6) is 0.446. The second-order valence-corrected chi connectivity index (χ2v) is 7.35. The molecule has 7 nitrogen and oxygen atoms in total.